The average Bonchev–Trinajstić information content (AvgIpc) is 2.19. The molecule has 0 aromatic carbocycles. The maximum Gasteiger partial charge on any atom is 0.164 e. The van der Waals surface area contributed by atoms with Crippen molar-refractivity contribution in [1.29, 1.82) is 0 Å². The summed E-state index contributed by atoms with van der Waals surface area (Å²) in [5, 5.41) is 11.4. The molecule has 0 spiro atoms. The second-order valence-electron chi connectivity index (χ2n) is 3.41. The van der Waals surface area contributed by atoms with E-state index in [0.717, 1.165) is 24.8 Å². The minimum atomic E-state index is 0.106. The molecule has 1 rings (SSSR count). The maximum atomic E-state index is 11.5. The molecule has 0 saturated carbocycles. The van der Waals surface area contributed by atoms with Gasteiger partial charge in [0.15, 0.2) is 5.78 Å². The van der Waals surface area contributed by atoms with Crippen molar-refractivity contribution in [3.8, 4) is 0 Å². The van der Waals surface area contributed by atoms with Crippen LogP contribution >= 0.6 is 0 Å². The molecular formula is C10H15NO2. The highest BCUT2D eigenvalue weighted by Crippen LogP contribution is 2.19. The van der Waals surface area contributed by atoms with Crippen LogP contribution in [0.15, 0.2) is 16.8 Å². The van der Waals surface area contributed by atoms with Gasteiger partial charge in [-0.1, -0.05) is 11.2 Å². The van der Waals surface area contributed by atoms with E-state index in [0.29, 0.717) is 5.71 Å². The summed E-state index contributed by atoms with van der Waals surface area (Å²) >= 11 is 0. The Hall–Kier alpha value is -1.12. The first-order chi connectivity index (χ1) is 6.24. The molecule has 0 aliphatic heterocycles. The van der Waals surface area contributed by atoms with Crippen LogP contribution < -0.4 is 0 Å². The molecule has 13 heavy (non-hydrogen) atoms. The summed E-state index contributed by atoms with van der Waals surface area (Å²) in [7, 11) is 0. The summed E-state index contributed by atoms with van der Waals surface area (Å²) in [5.41, 5.74) is 1.39. The topological polar surface area (TPSA) is 49.7 Å². The van der Waals surface area contributed by atoms with E-state index in [-0.39, 0.29) is 12.2 Å². The van der Waals surface area contributed by atoms with E-state index in [1.165, 1.54) is 6.42 Å². The molecule has 0 unspecified atom stereocenters. The molecule has 0 aromatic heterocycles. The van der Waals surface area contributed by atoms with Crippen LogP contribution in [-0.4, -0.2) is 16.7 Å². The molecule has 1 aliphatic rings. The molecule has 0 saturated heterocycles. The monoisotopic (exact) mass is 181 g/mol. The second-order valence-corrected chi connectivity index (χ2v) is 3.41. The van der Waals surface area contributed by atoms with Gasteiger partial charge in [-0.05, 0) is 38.2 Å². The second kappa shape index (κ2) is 4.80. The SMILES string of the molecule is C/C(CC(=O)C1=CCCCC1)=N/O. The average molecular weight is 181 g/mol. The predicted molar refractivity (Wildman–Crippen MR) is 51.1 cm³/mol. The third kappa shape index (κ3) is 3.01. The van der Waals surface area contributed by atoms with Gasteiger partial charge in [-0.2, -0.15) is 0 Å². The number of allylic oxidation sites excluding steroid dienone is 2. The third-order valence-corrected chi connectivity index (χ3v) is 2.24. The molecule has 0 atom stereocenters. The van der Waals surface area contributed by atoms with E-state index in [9.17, 15) is 4.79 Å². The smallest absolute Gasteiger partial charge is 0.164 e. The van der Waals surface area contributed by atoms with Crippen LogP contribution in [0.3, 0.4) is 0 Å². The van der Waals surface area contributed by atoms with Crippen molar-refractivity contribution >= 4 is 11.5 Å². The third-order valence-electron chi connectivity index (χ3n) is 2.24. The van der Waals surface area contributed by atoms with Crippen LogP contribution in [0.4, 0.5) is 0 Å². The van der Waals surface area contributed by atoms with Crippen molar-refractivity contribution in [2.45, 2.75) is 39.0 Å². The lowest BCUT2D eigenvalue weighted by molar-refractivity contribution is -0.114. The van der Waals surface area contributed by atoms with Crippen molar-refractivity contribution in [1.82, 2.24) is 0 Å². The summed E-state index contributed by atoms with van der Waals surface area (Å²) in [6.45, 7) is 1.65. The fourth-order valence-corrected chi connectivity index (χ4v) is 1.47. The van der Waals surface area contributed by atoms with Crippen molar-refractivity contribution in [3.05, 3.63) is 11.6 Å². The summed E-state index contributed by atoms with van der Waals surface area (Å²) in [6, 6.07) is 0. The number of Topliss-reactive ketones (excluding diaryl/α,β-unsaturated/α-hetero) is 1. The molecule has 0 radical (unpaired) electrons. The van der Waals surface area contributed by atoms with Gasteiger partial charge in [-0.15, -0.1) is 0 Å². The summed E-state index contributed by atoms with van der Waals surface area (Å²) in [5.74, 6) is 0.106. The molecule has 72 valence electrons. The van der Waals surface area contributed by atoms with Gasteiger partial charge >= 0.3 is 0 Å². The van der Waals surface area contributed by atoms with Gasteiger partial charge in [0.1, 0.15) is 0 Å². The first-order valence-corrected chi connectivity index (χ1v) is 4.64. The fourth-order valence-electron chi connectivity index (χ4n) is 1.47. The van der Waals surface area contributed by atoms with Crippen molar-refractivity contribution in [2.75, 3.05) is 0 Å². The van der Waals surface area contributed by atoms with Gasteiger partial charge in [-0.3, -0.25) is 4.79 Å². The number of rotatable bonds is 3. The standard InChI is InChI=1S/C10H15NO2/c1-8(11-13)7-10(12)9-5-3-2-4-6-9/h5,13H,2-4,6-7H2,1H3/b11-8-. The molecule has 1 N–H and O–H groups in total. The van der Waals surface area contributed by atoms with Gasteiger partial charge < -0.3 is 5.21 Å². The van der Waals surface area contributed by atoms with Crippen molar-refractivity contribution in [2.24, 2.45) is 5.16 Å². The highest BCUT2D eigenvalue weighted by atomic mass is 16.4. The molecular weight excluding hydrogens is 166 g/mol. The summed E-state index contributed by atoms with van der Waals surface area (Å²) in [6.07, 6.45) is 6.45. The largest absolute Gasteiger partial charge is 0.411 e. The number of ketones is 1. The number of carbonyl (C=O) groups excluding carboxylic acids is 1. The molecule has 1 aliphatic carbocycles. The highest BCUT2D eigenvalue weighted by molar-refractivity contribution is 6.08. The lowest BCUT2D eigenvalue weighted by Crippen LogP contribution is -2.09. The van der Waals surface area contributed by atoms with Crippen LogP contribution in [-0.2, 0) is 4.79 Å². The zero-order chi connectivity index (χ0) is 9.68. The fraction of sp³-hybridized carbons (Fsp3) is 0.600. The van der Waals surface area contributed by atoms with Crippen molar-refractivity contribution < 1.29 is 10.0 Å². The van der Waals surface area contributed by atoms with E-state index in [1.807, 2.05) is 6.08 Å². The molecule has 0 aromatic rings. The van der Waals surface area contributed by atoms with Crippen molar-refractivity contribution in [3.63, 3.8) is 0 Å². The van der Waals surface area contributed by atoms with Crippen LogP contribution in [0.1, 0.15) is 39.0 Å². The minimum absolute atomic E-state index is 0.106. The van der Waals surface area contributed by atoms with E-state index in [2.05, 4.69) is 5.16 Å². The molecule has 3 heteroatoms. The Balaban J connectivity index is 2.52. The lowest BCUT2D eigenvalue weighted by Gasteiger charge is -2.10. The maximum absolute atomic E-state index is 11.5. The molecule has 0 heterocycles. The van der Waals surface area contributed by atoms with Gasteiger partial charge in [0.05, 0.1) is 12.1 Å². The summed E-state index contributed by atoms with van der Waals surface area (Å²) < 4.78 is 0. The van der Waals surface area contributed by atoms with Crippen LogP contribution in [0.5, 0.6) is 0 Å². The quantitative estimate of drug-likeness (QED) is 0.412. The van der Waals surface area contributed by atoms with E-state index in [1.54, 1.807) is 6.92 Å². The van der Waals surface area contributed by atoms with Gasteiger partial charge in [-0.25, -0.2) is 0 Å². The normalized spacial score (nSPS) is 18.2. The minimum Gasteiger partial charge on any atom is -0.411 e. The summed E-state index contributed by atoms with van der Waals surface area (Å²) in [4.78, 5) is 11.5. The molecule has 3 nitrogen and oxygen atoms in total. The van der Waals surface area contributed by atoms with Crippen LogP contribution in [0, 0.1) is 0 Å². The zero-order valence-electron chi connectivity index (χ0n) is 7.92. The Kier molecular flexibility index (Phi) is 3.68. The number of hydrogen-bond donors (Lipinski definition) is 1. The first kappa shape index (κ1) is 9.96. The number of oxime groups is 1. The predicted octanol–water partition coefficient (Wildman–Crippen LogP) is 2.30. The molecule has 0 amide bonds. The Morgan fingerprint density at radius 3 is 2.92 bits per heavy atom. The molecule has 0 bridgehead atoms. The van der Waals surface area contributed by atoms with E-state index in [4.69, 9.17) is 5.21 Å². The van der Waals surface area contributed by atoms with E-state index < -0.39 is 0 Å². The first-order valence-electron chi connectivity index (χ1n) is 4.64. The van der Waals surface area contributed by atoms with Gasteiger partial charge in [0.25, 0.3) is 0 Å². The Morgan fingerprint density at radius 2 is 2.38 bits per heavy atom. The number of hydrogen-bond acceptors (Lipinski definition) is 3. The Labute approximate surface area is 78.1 Å². The molecule has 0 fully saturated rings. The van der Waals surface area contributed by atoms with Gasteiger partial charge in [0.2, 0.25) is 0 Å². The zero-order valence-corrected chi connectivity index (χ0v) is 7.92. The Bertz CT molecular complexity index is 254. The van der Waals surface area contributed by atoms with Gasteiger partial charge in [0, 0.05) is 0 Å². The van der Waals surface area contributed by atoms with Crippen LogP contribution in [0.25, 0.3) is 0 Å². The number of carbonyl (C=O) groups is 1. The lowest BCUT2D eigenvalue weighted by atomic mass is 9.94. The van der Waals surface area contributed by atoms with Crippen LogP contribution in [0.2, 0.25) is 0 Å². The van der Waals surface area contributed by atoms with E-state index >= 15 is 0 Å². The Morgan fingerprint density at radius 1 is 1.62 bits per heavy atom. The highest BCUT2D eigenvalue weighted by Gasteiger charge is 2.12. The number of nitrogens with zero attached hydrogens (tertiary/aromatic N) is 1.